The van der Waals surface area contributed by atoms with Gasteiger partial charge < -0.3 is 14.8 Å². The Hall–Kier alpha value is -2.34. The van der Waals surface area contributed by atoms with Crippen molar-refractivity contribution >= 4 is 28.2 Å². The molecule has 1 aromatic carbocycles. The molecule has 1 heterocycles. The molecule has 23 heavy (non-hydrogen) atoms. The number of anilines is 1. The van der Waals surface area contributed by atoms with Gasteiger partial charge in [0.05, 0.1) is 25.2 Å². The Balaban J connectivity index is 1.89. The second kappa shape index (κ2) is 8.33. The maximum absolute atomic E-state index is 12.0. The van der Waals surface area contributed by atoms with E-state index in [0.29, 0.717) is 17.2 Å². The second-order valence-electron chi connectivity index (χ2n) is 4.78. The zero-order valence-electron chi connectivity index (χ0n) is 13.1. The Kier molecular flexibility index (Phi) is 6.17. The van der Waals surface area contributed by atoms with Gasteiger partial charge in [-0.05, 0) is 32.0 Å². The summed E-state index contributed by atoms with van der Waals surface area (Å²) in [6.07, 6.45) is 0.202. The Morgan fingerprint density at radius 2 is 1.96 bits per heavy atom. The van der Waals surface area contributed by atoms with Crippen molar-refractivity contribution in [3.05, 3.63) is 46.8 Å². The van der Waals surface area contributed by atoms with Gasteiger partial charge in [-0.1, -0.05) is 18.2 Å². The van der Waals surface area contributed by atoms with Crippen molar-refractivity contribution in [2.75, 3.05) is 18.5 Å². The van der Waals surface area contributed by atoms with E-state index in [4.69, 9.17) is 9.47 Å². The molecule has 0 aliphatic carbocycles. The molecule has 0 unspecified atom stereocenters. The van der Waals surface area contributed by atoms with E-state index in [9.17, 15) is 9.59 Å². The molecule has 1 aromatic heterocycles. The summed E-state index contributed by atoms with van der Waals surface area (Å²) >= 11 is 1.35. The molecule has 1 N–H and O–H groups in total. The normalized spacial score (nSPS) is 10.2. The highest BCUT2D eigenvalue weighted by atomic mass is 32.1. The fourth-order valence-electron chi connectivity index (χ4n) is 1.93. The minimum atomic E-state index is -0.423. The average molecular weight is 333 g/mol. The molecule has 0 aliphatic heterocycles. The number of rotatable bonds is 7. The Morgan fingerprint density at radius 3 is 2.65 bits per heavy atom. The summed E-state index contributed by atoms with van der Waals surface area (Å²) < 4.78 is 10.5. The first-order valence-electron chi connectivity index (χ1n) is 7.35. The summed E-state index contributed by atoms with van der Waals surface area (Å²) in [7, 11) is 0. The third kappa shape index (κ3) is 5.10. The van der Waals surface area contributed by atoms with Gasteiger partial charge in [0.2, 0.25) is 5.91 Å². The number of carbonyl (C=O) groups is 2. The number of hydrogen-bond donors (Lipinski definition) is 1. The third-order valence-corrected chi connectivity index (χ3v) is 3.91. The fourth-order valence-corrected chi connectivity index (χ4v) is 2.85. The summed E-state index contributed by atoms with van der Waals surface area (Å²) in [5.41, 5.74) is 0.395. The molecule has 0 fully saturated rings. The molecule has 0 radical (unpaired) electrons. The summed E-state index contributed by atoms with van der Waals surface area (Å²) in [6, 6.07) is 11.0. The molecule has 0 saturated carbocycles. The van der Waals surface area contributed by atoms with Crippen molar-refractivity contribution in [3.8, 4) is 5.75 Å². The van der Waals surface area contributed by atoms with Crippen LogP contribution in [0.2, 0.25) is 0 Å². The highest BCUT2D eigenvalue weighted by Crippen LogP contribution is 2.28. The van der Waals surface area contributed by atoms with Gasteiger partial charge >= 0.3 is 5.97 Å². The standard InChI is InChI=1S/C17H19NO4S/c1-3-21-17(20)14-11-12(2)23-16(14)18-15(19)9-10-22-13-7-5-4-6-8-13/h4-8,11H,3,9-10H2,1-2H3,(H,18,19). The lowest BCUT2D eigenvalue weighted by atomic mass is 10.3. The minimum Gasteiger partial charge on any atom is -0.493 e. The molecule has 1 amide bonds. The SMILES string of the molecule is CCOC(=O)c1cc(C)sc1NC(=O)CCOc1ccccc1. The smallest absolute Gasteiger partial charge is 0.341 e. The lowest BCUT2D eigenvalue weighted by Crippen LogP contribution is -2.16. The van der Waals surface area contributed by atoms with Gasteiger partial charge in [-0.25, -0.2) is 4.79 Å². The van der Waals surface area contributed by atoms with Crippen LogP contribution in [0.4, 0.5) is 5.00 Å². The minimum absolute atomic E-state index is 0.201. The van der Waals surface area contributed by atoms with Crippen LogP contribution in [0.3, 0.4) is 0 Å². The number of amides is 1. The number of ether oxygens (including phenoxy) is 2. The number of nitrogens with one attached hydrogen (secondary N) is 1. The summed E-state index contributed by atoms with van der Waals surface area (Å²) in [4.78, 5) is 24.8. The van der Waals surface area contributed by atoms with Crippen LogP contribution in [0.15, 0.2) is 36.4 Å². The van der Waals surface area contributed by atoms with Crippen molar-refractivity contribution in [2.24, 2.45) is 0 Å². The Morgan fingerprint density at radius 1 is 1.22 bits per heavy atom. The summed E-state index contributed by atoms with van der Waals surface area (Å²) in [5, 5.41) is 3.27. The molecule has 6 heteroatoms. The molecule has 0 spiro atoms. The Bertz CT molecular complexity index is 666. The van der Waals surface area contributed by atoms with Crippen LogP contribution in [-0.4, -0.2) is 25.1 Å². The quantitative estimate of drug-likeness (QED) is 0.786. The Labute approximate surface area is 139 Å². The first-order valence-corrected chi connectivity index (χ1v) is 8.17. The average Bonchev–Trinajstić information content (AvgIpc) is 2.89. The van der Waals surface area contributed by atoms with Crippen molar-refractivity contribution in [2.45, 2.75) is 20.3 Å². The molecular formula is C17H19NO4S. The number of hydrogen-bond acceptors (Lipinski definition) is 5. The molecular weight excluding hydrogens is 314 g/mol. The molecule has 0 bridgehead atoms. The van der Waals surface area contributed by atoms with Gasteiger partial charge in [0.25, 0.3) is 0 Å². The van der Waals surface area contributed by atoms with Crippen LogP contribution in [0.25, 0.3) is 0 Å². The molecule has 0 atom stereocenters. The van der Waals surface area contributed by atoms with Crippen LogP contribution in [0.1, 0.15) is 28.6 Å². The number of thiophene rings is 1. The second-order valence-corrected chi connectivity index (χ2v) is 6.04. The van der Waals surface area contributed by atoms with E-state index < -0.39 is 5.97 Å². The third-order valence-electron chi connectivity index (χ3n) is 2.94. The highest BCUT2D eigenvalue weighted by molar-refractivity contribution is 7.16. The van der Waals surface area contributed by atoms with E-state index >= 15 is 0 Å². The summed E-state index contributed by atoms with van der Waals surface area (Å²) in [6.45, 7) is 4.19. The number of esters is 1. The van der Waals surface area contributed by atoms with Crippen LogP contribution in [0, 0.1) is 6.92 Å². The van der Waals surface area contributed by atoms with E-state index in [-0.39, 0.29) is 18.9 Å². The van der Waals surface area contributed by atoms with Crippen LogP contribution < -0.4 is 10.1 Å². The first kappa shape index (κ1) is 17.0. The van der Waals surface area contributed by atoms with E-state index in [2.05, 4.69) is 5.32 Å². The van der Waals surface area contributed by atoms with Gasteiger partial charge in [0.15, 0.2) is 0 Å². The lowest BCUT2D eigenvalue weighted by molar-refractivity contribution is -0.116. The zero-order chi connectivity index (χ0) is 16.7. The van der Waals surface area contributed by atoms with Gasteiger partial charge in [0, 0.05) is 4.88 Å². The predicted octanol–water partition coefficient (Wildman–Crippen LogP) is 3.64. The van der Waals surface area contributed by atoms with Gasteiger partial charge in [-0.2, -0.15) is 0 Å². The largest absolute Gasteiger partial charge is 0.493 e. The number of para-hydroxylation sites is 1. The van der Waals surface area contributed by atoms with Crippen LogP contribution >= 0.6 is 11.3 Å². The highest BCUT2D eigenvalue weighted by Gasteiger charge is 2.17. The molecule has 2 aromatic rings. The monoisotopic (exact) mass is 333 g/mol. The van der Waals surface area contributed by atoms with E-state index in [1.807, 2.05) is 37.3 Å². The number of benzene rings is 1. The van der Waals surface area contributed by atoms with Gasteiger partial charge in [-0.15, -0.1) is 11.3 Å². The maximum Gasteiger partial charge on any atom is 0.341 e. The van der Waals surface area contributed by atoms with Gasteiger partial charge in [-0.3, -0.25) is 4.79 Å². The molecule has 2 rings (SSSR count). The van der Waals surface area contributed by atoms with Crippen LogP contribution in [0.5, 0.6) is 5.75 Å². The van der Waals surface area contributed by atoms with E-state index in [1.54, 1.807) is 13.0 Å². The predicted molar refractivity (Wildman–Crippen MR) is 90.2 cm³/mol. The first-order chi connectivity index (χ1) is 11.1. The van der Waals surface area contributed by atoms with E-state index in [1.165, 1.54) is 11.3 Å². The number of aryl methyl sites for hydroxylation is 1. The molecule has 5 nitrogen and oxygen atoms in total. The van der Waals surface area contributed by atoms with E-state index in [0.717, 1.165) is 10.6 Å². The number of carbonyl (C=O) groups excluding carboxylic acids is 2. The van der Waals surface area contributed by atoms with Crippen molar-refractivity contribution in [1.82, 2.24) is 0 Å². The molecule has 0 aliphatic rings. The van der Waals surface area contributed by atoms with Crippen molar-refractivity contribution < 1.29 is 19.1 Å². The topological polar surface area (TPSA) is 64.6 Å². The molecule has 0 saturated heterocycles. The summed E-state index contributed by atoms with van der Waals surface area (Å²) in [5.74, 6) is 0.0977. The van der Waals surface area contributed by atoms with Crippen LogP contribution in [-0.2, 0) is 9.53 Å². The fraction of sp³-hybridized carbons (Fsp3) is 0.294. The maximum atomic E-state index is 12.0. The van der Waals surface area contributed by atoms with Crippen molar-refractivity contribution in [1.29, 1.82) is 0 Å². The molecule has 122 valence electrons. The van der Waals surface area contributed by atoms with Gasteiger partial charge in [0.1, 0.15) is 10.8 Å². The lowest BCUT2D eigenvalue weighted by Gasteiger charge is -2.07. The zero-order valence-corrected chi connectivity index (χ0v) is 13.9. The van der Waals surface area contributed by atoms with Crippen molar-refractivity contribution in [3.63, 3.8) is 0 Å².